The van der Waals surface area contributed by atoms with E-state index in [9.17, 15) is 14.7 Å². The minimum absolute atomic E-state index is 0.0362. The van der Waals surface area contributed by atoms with Gasteiger partial charge in [-0.2, -0.15) is 0 Å². The number of aliphatic carboxylic acids is 1. The van der Waals surface area contributed by atoms with Gasteiger partial charge in [0.05, 0.1) is 11.2 Å². The van der Waals surface area contributed by atoms with E-state index in [-0.39, 0.29) is 16.9 Å². The summed E-state index contributed by atoms with van der Waals surface area (Å²) in [4.78, 5) is 31.3. The Morgan fingerprint density at radius 1 is 1.07 bits per heavy atom. The van der Waals surface area contributed by atoms with Gasteiger partial charge in [0.2, 0.25) is 5.88 Å². The predicted molar refractivity (Wildman–Crippen MR) is 111 cm³/mol. The number of hydrogen-bond donors (Lipinski definition) is 3. The molecule has 8 nitrogen and oxygen atoms in total. The third kappa shape index (κ3) is 4.48. The first-order chi connectivity index (χ1) is 14.1. The molecule has 0 aliphatic rings. The average Bonchev–Trinajstić information content (AvgIpc) is 2.68. The van der Waals surface area contributed by atoms with Crippen LogP contribution in [0.5, 0.6) is 17.4 Å². The zero-order valence-electron chi connectivity index (χ0n) is 17.2. The Balaban J connectivity index is 1.89. The minimum atomic E-state index is -1.20. The molecule has 0 fully saturated rings. The smallest absolute Gasteiger partial charge is 0.322 e. The van der Waals surface area contributed by atoms with Crippen molar-refractivity contribution in [2.45, 2.75) is 33.1 Å². The number of nitrogens with one attached hydrogen (secondary N) is 1. The number of carboxylic acid groups (broad SMARTS) is 1. The lowest BCUT2D eigenvalue weighted by atomic mass is 9.87. The number of nitrogens with zero attached hydrogens (tertiary/aromatic N) is 2. The average molecular weight is 409 g/mol. The second kappa shape index (κ2) is 7.98. The summed E-state index contributed by atoms with van der Waals surface area (Å²) in [6, 6.07) is 10.9. The van der Waals surface area contributed by atoms with E-state index in [0.717, 1.165) is 0 Å². The number of carboxylic acids is 1. The molecular weight excluding hydrogens is 386 g/mol. The van der Waals surface area contributed by atoms with E-state index in [2.05, 4.69) is 36.1 Å². The second-order valence-electron chi connectivity index (χ2n) is 7.89. The van der Waals surface area contributed by atoms with Crippen molar-refractivity contribution in [3.05, 3.63) is 53.3 Å². The van der Waals surface area contributed by atoms with Crippen LogP contribution in [-0.4, -0.2) is 38.6 Å². The number of fused-ring (bicyclic) bond motifs is 1. The first-order valence-electron chi connectivity index (χ1n) is 9.35. The summed E-state index contributed by atoms with van der Waals surface area (Å²) in [5.41, 5.74) is 1.74. The number of amides is 1. The van der Waals surface area contributed by atoms with Crippen LogP contribution in [0.1, 0.15) is 42.5 Å². The second-order valence-corrected chi connectivity index (χ2v) is 7.89. The van der Waals surface area contributed by atoms with Gasteiger partial charge in [0.25, 0.3) is 5.91 Å². The summed E-state index contributed by atoms with van der Waals surface area (Å²) in [7, 11) is 0. The highest BCUT2D eigenvalue weighted by atomic mass is 16.5. The summed E-state index contributed by atoms with van der Waals surface area (Å²) in [5, 5.41) is 21.6. The van der Waals surface area contributed by atoms with Gasteiger partial charge in [0.15, 0.2) is 11.4 Å². The van der Waals surface area contributed by atoms with Crippen molar-refractivity contribution in [3.63, 3.8) is 0 Å². The Morgan fingerprint density at radius 2 is 1.73 bits per heavy atom. The summed E-state index contributed by atoms with van der Waals surface area (Å²) in [5.74, 6) is -1.40. The van der Waals surface area contributed by atoms with Gasteiger partial charge in [0.1, 0.15) is 12.3 Å². The third-order valence-corrected chi connectivity index (χ3v) is 4.53. The number of benzene rings is 1. The van der Waals surface area contributed by atoms with Crippen molar-refractivity contribution >= 4 is 22.8 Å². The van der Waals surface area contributed by atoms with Crippen LogP contribution in [-0.2, 0) is 10.2 Å². The zero-order chi connectivity index (χ0) is 22.1. The minimum Gasteiger partial charge on any atom is -0.505 e. The van der Waals surface area contributed by atoms with Crippen LogP contribution in [0.3, 0.4) is 0 Å². The van der Waals surface area contributed by atoms with Crippen LogP contribution in [0.25, 0.3) is 10.9 Å². The number of hydrogen-bond acceptors (Lipinski definition) is 6. The van der Waals surface area contributed by atoms with Gasteiger partial charge in [-0.3, -0.25) is 9.59 Å². The number of aromatic hydroxyl groups is 1. The predicted octanol–water partition coefficient (Wildman–Crippen LogP) is 3.55. The number of carbonyl (C=O) groups is 2. The lowest BCUT2D eigenvalue weighted by Crippen LogP contribution is -2.30. The topological polar surface area (TPSA) is 122 Å². The van der Waals surface area contributed by atoms with Crippen LogP contribution < -0.4 is 10.1 Å². The maximum absolute atomic E-state index is 12.1. The van der Waals surface area contributed by atoms with Gasteiger partial charge in [-0.1, -0.05) is 32.9 Å². The number of aryl methyl sites for hydroxylation is 1. The summed E-state index contributed by atoms with van der Waals surface area (Å²) < 4.78 is 5.83. The van der Waals surface area contributed by atoms with Crippen molar-refractivity contribution in [2.24, 2.45) is 0 Å². The Hall–Kier alpha value is -3.68. The van der Waals surface area contributed by atoms with E-state index in [1.807, 2.05) is 24.3 Å². The van der Waals surface area contributed by atoms with Crippen LogP contribution in [0, 0.1) is 6.92 Å². The molecule has 3 rings (SSSR count). The van der Waals surface area contributed by atoms with Crippen LogP contribution in [0.15, 0.2) is 36.4 Å². The third-order valence-electron chi connectivity index (χ3n) is 4.53. The molecule has 2 heterocycles. The number of pyridine rings is 2. The van der Waals surface area contributed by atoms with Crippen LogP contribution >= 0.6 is 0 Å². The van der Waals surface area contributed by atoms with Crippen molar-refractivity contribution in [2.75, 3.05) is 6.54 Å². The fourth-order valence-electron chi connectivity index (χ4n) is 2.91. The molecule has 1 amide bonds. The molecule has 0 aliphatic heterocycles. The van der Waals surface area contributed by atoms with E-state index in [0.29, 0.717) is 28.2 Å². The molecule has 156 valence electrons. The van der Waals surface area contributed by atoms with Crippen molar-refractivity contribution in [1.82, 2.24) is 15.3 Å². The molecule has 0 saturated heterocycles. The fraction of sp³-hybridized carbons (Fsp3) is 0.273. The molecule has 0 radical (unpaired) electrons. The molecule has 2 aromatic heterocycles. The van der Waals surface area contributed by atoms with Gasteiger partial charge in [-0.05, 0) is 36.1 Å². The highest BCUT2D eigenvalue weighted by molar-refractivity contribution is 6.02. The monoisotopic (exact) mass is 409 g/mol. The molecule has 1 aromatic carbocycles. The van der Waals surface area contributed by atoms with E-state index in [4.69, 9.17) is 9.84 Å². The Bertz CT molecular complexity index is 1120. The number of ether oxygens (including phenoxy) is 1. The normalized spacial score (nSPS) is 11.3. The van der Waals surface area contributed by atoms with Crippen LogP contribution in [0.4, 0.5) is 0 Å². The number of rotatable bonds is 5. The highest BCUT2D eigenvalue weighted by Crippen LogP contribution is 2.31. The highest BCUT2D eigenvalue weighted by Gasteiger charge is 2.20. The van der Waals surface area contributed by atoms with Crippen molar-refractivity contribution < 1.29 is 24.5 Å². The first-order valence-corrected chi connectivity index (χ1v) is 9.35. The lowest BCUT2D eigenvalue weighted by molar-refractivity contribution is -0.135. The molecule has 0 unspecified atom stereocenters. The standard InChI is InChI=1S/C22H23N3O5/c1-12-18-15(20(28)19(24-12)21(29)23-11-17(26)27)9-10-16(25-18)30-14-7-5-13(6-8-14)22(2,3)4/h5-10,28H,11H2,1-4H3,(H,23,29)(H,26,27). The summed E-state index contributed by atoms with van der Waals surface area (Å²) in [6.07, 6.45) is 0. The van der Waals surface area contributed by atoms with Crippen molar-refractivity contribution in [3.8, 4) is 17.4 Å². The molecule has 3 N–H and O–H groups in total. The molecule has 30 heavy (non-hydrogen) atoms. The molecule has 3 aromatic rings. The molecule has 0 saturated carbocycles. The van der Waals surface area contributed by atoms with Gasteiger partial charge >= 0.3 is 5.97 Å². The largest absolute Gasteiger partial charge is 0.505 e. The summed E-state index contributed by atoms with van der Waals surface area (Å²) >= 11 is 0. The maximum Gasteiger partial charge on any atom is 0.322 e. The van der Waals surface area contributed by atoms with E-state index in [1.165, 1.54) is 5.56 Å². The molecule has 8 heteroatoms. The van der Waals surface area contributed by atoms with Crippen LogP contribution in [0.2, 0.25) is 0 Å². The summed E-state index contributed by atoms with van der Waals surface area (Å²) in [6.45, 7) is 7.46. The molecule has 0 atom stereocenters. The molecular formula is C22H23N3O5. The van der Waals surface area contributed by atoms with E-state index >= 15 is 0 Å². The van der Waals surface area contributed by atoms with E-state index in [1.54, 1.807) is 19.1 Å². The Kier molecular flexibility index (Phi) is 5.60. The van der Waals surface area contributed by atoms with E-state index < -0.39 is 18.4 Å². The lowest BCUT2D eigenvalue weighted by Gasteiger charge is -2.19. The maximum atomic E-state index is 12.1. The Morgan fingerprint density at radius 3 is 2.33 bits per heavy atom. The quantitative estimate of drug-likeness (QED) is 0.589. The van der Waals surface area contributed by atoms with Gasteiger partial charge < -0.3 is 20.3 Å². The van der Waals surface area contributed by atoms with Gasteiger partial charge in [0, 0.05) is 11.5 Å². The van der Waals surface area contributed by atoms with Gasteiger partial charge in [-0.15, -0.1) is 0 Å². The molecule has 0 bridgehead atoms. The van der Waals surface area contributed by atoms with Crippen molar-refractivity contribution in [1.29, 1.82) is 0 Å². The Labute approximate surface area is 173 Å². The number of aromatic nitrogens is 2. The SMILES string of the molecule is Cc1nc(C(=O)NCC(=O)O)c(O)c2ccc(Oc3ccc(C(C)(C)C)cc3)nc12. The molecule has 0 spiro atoms. The van der Waals surface area contributed by atoms with Gasteiger partial charge in [-0.25, -0.2) is 9.97 Å². The first kappa shape index (κ1) is 21.0. The molecule has 0 aliphatic carbocycles. The zero-order valence-corrected chi connectivity index (χ0v) is 17.2. The fourth-order valence-corrected chi connectivity index (χ4v) is 2.91. The number of carbonyl (C=O) groups excluding carboxylic acids is 1.